The highest BCUT2D eigenvalue weighted by Crippen LogP contribution is 2.38. The van der Waals surface area contributed by atoms with Crippen LogP contribution in [0.5, 0.6) is 0 Å². The summed E-state index contributed by atoms with van der Waals surface area (Å²) >= 11 is 1.56. The van der Waals surface area contributed by atoms with Crippen LogP contribution in [0.1, 0.15) is 51.7 Å². The van der Waals surface area contributed by atoms with Gasteiger partial charge in [-0.3, -0.25) is 4.79 Å². The van der Waals surface area contributed by atoms with Crippen LogP contribution >= 0.6 is 11.3 Å². The van der Waals surface area contributed by atoms with Gasteiger partial charge in [0.25, 0.3) is 5.91 Å². The molecule has 24 heavy (non-hydrogen) atoms. The van der Waals surface area contributed by atoms with Gasteiger partial charge in [-0.1, -0.05) is 6.92 Å². The van der Waals surface area contributed by atoms with Crippen molar-refractivity contribution in [2.75, 3.05) is 7.05 Å². The van der Waals surface area contributed by atoms with E-state index in [2.05, 4.69) is 4.98 Å². The van der Waals surface area contributed by atoms with Crippen LogP contribution in [0.15, 0.2) is 12.1 Å². The molecule has 0 unspecified atom stereocenters. The maximum atomic E-state index is 13.9. The first-order chi connectivity index (χ1) is 11.4. The summed E-state index contributed by atoms with van der Waals surface area (Å²) < 4.78 is 40.4. The molecule has 1 aliphatic carbocycles. The zero-order valence-electron chi connectivity index (χ0n) is 13.4. The number of rotatable bonds is 3. The summed E-state index contributed by atoms with van der Waals surface area (Å²) in [6, 6.07) is 0.814. The molecule has 3 rings (SSSR count). The number of aryl methyl sites for hydroxylation is 2. The molecule has 0 saturated heterocycles. The molecule has 1 aromatic carbocycles. The minimum atomic E-state index is -1.30. The number of benzene rings is 1. The van der Waals surface area contributed by atoms with Gasteiger partial charge in [-0.2, -0.15) is 0 Å². The quantitative estimate of drug-likeness (QED) is 0.771. The van der Waals surface area contributed by atoms with Crippen molar-refractivity contribution in [3.8, 4) is 0 Å². The van der Waals surface area contributed by atoms with E-state index in [9.17, 15) is 18.0 Å². The van der Waals surface area contributed by atoms with Gasteiger partial charge in [0.1, 0.15) is 5.82 Å². The van der Waals surface area contributed by atoms with Gasteiger partial charge in [0.05, 0.1) is 27.2 Å². The van der Waals surface area contributed by atoms with E-state index >= 15 is 0 Å². The largest absolute Gasteiger partial charge is 0.334 e. The first kappa shape index (κ1) is 17.0. The number of nitrogens with zero attached hydrogens (tertiary/aromatic N) is 2. The number of carbonyl (C=O) groups excluding carboxylic acids is 1. The van der Waals surface area contributed by atoms with Gasteiger partial charge < -0.3 is 4.90 Å². The number of carbonyl (C=O) groups is 1. The third kappa shape index (κ3) is 2.92. The van der Waals surface area contributed by atoms with E-state index in [1.54, 1.807) is 18.4 Å². The molecule has 1 aliphatic rings. The van der Waals surface area contributed by atoms with Crippen molar-refractivity contribution in [3.63, 3.8) is 0 Å². The Morgan fingerprint density at radius 3 is 2.71 bits per heavy atom. The molecule has 0 N–H and O–H groups in total. The molecule has 1 heterocycles. The third-order valence-corrected chi connectivity index (χ3v) is 5.64. The highest BCUT2D eigenvalue weighted by atomic mass is 32.1. The lowest BCUT2D eigenvalue weighted by Gasteiger charge is -2.30. The lowest BCUT2D eigenvalue weighted by atomic mass is 9.96. The number of hydrogen-bond donors (Lipinski definition) is 0. The SMILES string of the molecule is CCc1nc2c(s1)[C@H](N(C)C(=O)c1cc(F)c(F)cc1F)CCC2. The predicted molar refractivity (Wildman–Crippen MR) is 85.6 cm³/mol. The monoisotopic (exact) mass is 354 g/mol. The second kappa shape index (κ2) is 6.55. The van der Waals surface area contributed by atoms with E-state index < -0.39 is 28.9 Å². The molecule has 0 radical (unpaired) electrons. The van der Waals surface area contributed by atoms with E-state index in [0.29, 0.717) is 12.1 Å². The van der Waals surface area contributed by atoms with Crippen molar-refractivity contribution in [2.24, 2.45) is 0 Å². The van der Waals surface area contributed by atoms with Crippen LogP contribution < -0.4 is 0 Å². The topological polar surface area (TPSA) is 33.2 Å². The molecule has 0 aliphatic heterocycles. The first-order valence-electron chi connectivity index (χ1n) is 7.82. The van der Waals surface area contributed by atoms with Gasteiger partial charge in [-0.25, -0.2) is 18.2 Å². The molecule has 0 fully saturated rings. The summed E-state index contributed by atoms with van der Waals surface area (Å²) in [6.07, 6.45) is 3.30. The van der Waals surface area contributed by atoms with Crippen molar-refractivity contribution >= 4 is 17.2 Å². The van der Waals surface area contributed by atoms with Crippen molar-refractivity contribution < 1.29 is 18.0 Å². The zero-order chi connectivity index (χ0) is 17.4. The second-order valence-corrected chi connectivity index (χ2v) is 6.96. The molecule has 3 nitrogen and oxygen atoms in total. The van der Waals surface area contributed by atoms with Crippen molar-refractivity contribution in [1.29, 1.82) is 0 Å². The van der Waals surface area contributed by atoms with Crippen LogP contribution in [0.3, 0.4) is 0 Å². The average Bonchev–Trinajstić information content (AvgIpc) is 3.00. The molecule has 1 atom stereocenters. The number of aromatic nitrogens is 1. The number of amides is 1. The lowest BCUT2D eigenvalue weighted by Crippen LogP contribution is -2.33. The predicted octanol–water partition coefficient (Wildman–Crippen LogP) is 4.27. The second-order valence-electron chi connectivity index (χ2n) is 5.84. The van der Waals surface area contributed by atoms with Crippen LogP contribution in [0, 0.1) is 17.5 Å². The minimum Gasteiger partial charge on any atom is -0.334 e. The number of thiazole rings is 1. The Labute approximate surface area is 142 Å². The Morgan fingerprint density at radius 1 is 1.29 bits per heavy atom. The molecule has 128 valence electrons. The molecule has 0 spiro atoms. The highest BCUT2D eigenvalue weighted by molar-refractivity contribution is 7.11. The van der Waals surface area contributed by atoms with E-state index in [0.717, 1.165) is 41.3 Å². The van der Waals surface area contributed by atoms with Crippen LogP contribution in [-0.2, 0) is 12.8 Å². The minimum absolute atomic E-state index is 0.216. The lowest BCUT2D eigenvalue weighted by molar-refractivity contribution is 0.0712. The molecule has 1 amide bonds. The Bertz CT molecular complexity index is 790. The summed E-state index contributed by atoms with van der Waals surface area (Å²) in [5.41, 5.74) is 0.530. The fourth-order valence-corrected chi connectivity index (χ4v) is 4.22. The molecule has 0 bridgehead atoms. The third-order valence-electron chi connectivity index (χ3n) is 4.30. The van der Waals surface area contributed by atoms with Gasteiger partial charge in [0.2, 0.25) is 0 Å². The molecular formula is C17H17F3N2OS. The van der Waals surface area contributed by atoms with Gasteiger partial charge in [-0.15, -0.1) is 11.3 Å². The Morgan fingerprint density at radius 2 is 2.00 bits per heavy atom. The zero-order valence-corrected chi connectivity index (χ0v) is 14.2. The molecule has 1 aromatic heterocycles. The summed E-state index contributed by atoms with van der Waals surface area (Å²) in [5.74, 6) is -4.25. The van der Waals surface area contributed by atoms with Gasteiger partial charge >= 0.3 is 0 Å². The normalized spacial score (nSPS) is 16.8. The van der Waals surface area contributed by atoms with Gasteiger partial charge in [0, 0.05) is 13.1 Å². The van der Waals surface area contributed by atoms with Crippen LogP contribution in [0.2, 0.25) is 0 Å². The molecule has 0 saturated carbocycles. The van der Waals surface area contributed by atoms with Crippen molar-refractivity contribution in [2.45, 2.75) is 38.6 Å². The highest BCUT2D eigenvalue weighted by Gasteiger charge is 2.31. The molecule has 7 heteroatoms. The van der Waals surface area contributed by atoms with Crippen LogP contribution in [-0.4, -0.2) is 22.8 Å². The standard InChI is InChI=1S/C17H17F3N2OS/c1-3-15-21-13-5-4-6-14(16(13)24-15)22(2)17(23)9-7-11(19)12(20)8-10(9)18/h7-8,14H,3-6H2,1-2H3/t14-/m1/s1. The van der Waals surface area contributed by atoms with E-state index in [1.165, 1.54) is 4.90 Å². The Balaban J connectivity index is 1.93. The van der Waals surface area contributed by atoms with E-state index in [1.807, 2.05) is 6.92 Å². The van der Waals surface area contributed by atoms with Crippen LogP contribution in [0.4, 0.5) is 13.2 Å². The smallest absolute Gasteiger partial charge is 0.257 e. The maximum absolute atomic E-state index is 13.9. The average molecular weight is 354 g/mol. The molecular weight excluding hydrogens is 337 g/mol. The Hall–Kier alpha value is -1.89. The summed E-state index contributed by atoms with van der Waals surface area (Å²) in [5, 5.41) is 1.01. The fraction of sp³-hybridized carbons (Fsp3) is 0.412. The number of fused-ring (bicyclic) bond motifs is 1. The molecule has 2 aromatic rings. The maximum Gasteiger partial charge on any atom is 0.257 e. The Kier molecular flexibility index (Phi) is 4.62. The van der Waals surface area contributed by atoms with E-state index in [-0.39, 0.29) is 6.04 Å². The first-order valence-corrected chi connectivity index (χ1v) is 8.64. The van der Waals surface area contributed by atoms with Crippen molar-refractivity contribution in [1.82, 2.24) is 9.88 Å². The van der Waals surface area contributed by atoms with E-state index in [4.69, 9.17) is 0 Å². The number of hydrogen-bond acceptors (Lipinski definition) is 3. The summed E-state index contributed by atoms with van der Waals surface area (Å²) in [6.45, 7) is 2.02. The summed E-state index contributed by atoms with van der Waals surface area (Å²) in [4.78, 5) is 19.6. The van der Waals surface area contributed by atoms with Crippen LogP contribution in [0.25, 0.3) is 0 Å². The van der Waals surface area contributed by atoms with Crippen molar-refractivity contribution in [3.05, 3.63) is 50.7 Å². The van der Waals surface area contributed by atoms with Gasteiger partial charge in [-0.05, 0) is 31.7 Å². The number of halogens is 3. The summed E-state index contributed by atoms with van der Waals surface area (Å²) in [7, 11) is 1.56. The fourth-order valence-electron chi connectivity index (χ4n) is 2.99. The van der Waals surface area contributed by atoms with Gasteiger partial charge in [0.15, 0.2) is 11.6 Å².